The highest BCUT2D eigenvalue weighted by Gasteiger charge is 2.39. The first-order valence-electron chi connectivity index (χ1n) is 11.2. The summed E-state index contributed by atoms with van der Waals surface area (Å²) in [7, 11) is 0.918. The smallest absolute Gasteiger partial charge is 0.534 e. The third kappa shape index (κ3) is 5.00. The third-order valence-electron chi connectivity index (χ3n) is 5.95. The van der Waals surface area contributed by atoms with E-state index in [-0.39, 0.29) is 17.0 Å². The van der Waals surface area contributed by atoms with E-state index in [4.69, 9.17) is 15.0 Å². The van der Waals surface area contributed by atoms with Crippen LogP contribution in [0.1, 0.15) is 66.6 Å². The lowest BCUT2D eigenvalue weighted by Gasteiger charge is -2.39. The average Bonchev–Trinajstić information content (AvgIpc) is 2.77. The fourth-order valence-electron chi connectivity index (χ4n) is 4.09. The summed E-state index contributed by atoms with van der Waals surface area (Å²) in [5.41, 5.74) is 10.1. The molecule has 32 heavy (non-hydrogen) atoms. The number of rotatable bonds is 6. The van der Waals surface area contributed by atoms with Crippen LogP contribution in [-0.2, 0) is 16.6 Å². The number of carboxylic acid groups (broad SMARTS) is 1. The van der Waals surface area contributed by atoms with Crippen LogP contribution in [0.25, 0.3) is 5.70 Å². The van der Waals surface area contributed by atoms with Crippen LogP contribution in [0.15, 0.2) is 49.0 Å². The van der Waals surface area contributed by atoms with E-state index in [0.29, 0.717) is 12.2 Å². The van der Waals surface area contributed by atoms with Crippen LogP contribution in [0.5, 0.6) is 5.75 Å². The summed E-state index contributed by atoms with van der Waals surface area (Å²) < 4.78 is 11.4. The zero-order valence-corrected chi connectivity index (χ0v) is 19.2. The van der Waals surface area contributed by atoms with Crippen molar-refractivity contribution in [2.75, 3.05) is 7.11 Å². The SMILES string of the molecule is C=C(NC1Cc2cccc(C(=O)O)c2OB1OC)c1cccc(C2(N)CCC2)c1.CCC. The summed E-state index contributed by atoms with van der Waals surface area (Å²) in [5, 5.41) is 12.8. The number of nitrogens with two attached hydrogens (primary N) is 1. The van der Waals surface area contributed by atoms with Crippen LogP contribution in [0, 0.1) is 0 Å². The lowest BCUT2D eigenvalue weighted by atomic mass is 9.71. The number of aromatic carboxylic acids is 1. The molecule has 1 aliphatic carbocycles. The van der Waals surface area contributed by atoms with Crippen LogP contribution in [0.4, 0.5) is 0 Å². The van der Waals surface area contributed by atoms with Gasteiger partial charge in [0.15, 0.2) is 0 Å². The number of carboxylic acids is 1. The molecule has 0 amide bonds. The zero-order valence-electron chi connectivity index (χ0n) is 19.2. The largest absolute Gasteiger partial charge is 0.549 e. The Morgan fingerprint density at radius 3 is 2.59 bits per heavy atom. The molecule has 4 N–H and O–H groups in total. The van der Waals surface area contributed by atoms with Crippen LogP contribution in [0.3, 0.4) is 0 Å². The van der Waals surface area contributed by atoms with Gasteiger partial charge in [0, 0.05) is 18.3 Å². The minimum absolute atomic E-state index is 0.142. The number of para-hydroxylation sites is 1. The Kier molecular flexibility index (Phi) is 7.64. The van der Waals surface area contributed by atoms with Crippen molar-refractivity contribution < 1.29 is 19.2 Å². The normalized spacial score (nSPS) is 18.2. The van der Waals surface area contributed by atoms with Crippen molar-refractivity contribution in [1.82, 2.24) is 5.32 Å². The van der Waals surface area contributed by atoms with Crippen LogP contribution >= 0.6 is 0 Å². The molecule has 1 saturated carbocycles. The molecule has 0 saturated heterocycles. The number of benzene rings is 2. The van der Waals surface area contributed by atoms with Gasteiger partial charge in [-0.25, -0.2) is 4.79 Å². The number of carbonyl (C=O) groups is 1. The minimum atomic E-state index is -1.02. The highest BCUT2D eigenvalue weighted by Crippen LogP contribution is 2.39. The van der Waals surface area contributed by atoms with Gasteiger partial charge in [-0.3, -0.25) is 0 Å². The first kappa shape index (κ1) is 23.9. The lowest BCUT2D eigenvalue weighted by molar-refractivity contribution is 0.0694. The Hall–Kier alpha value is -2.77. The minimum Gasteiger partial charge on any atom is -0.534 e. The summed E-state index contributed by atoms with van der Waals surface area (Å²) in [5.74, 6) is -0.855. The van der Waals surface area contributed by atoms with Crippen LogP contribution < -0.4 is 15.7 Å². The van der Waals surface area contributed by atoms with Crippen molar-refractivity contribution >= 4 is 18.8 Å². The Morgan fingerprint density at radius 2 is 2.00 bits per heavy atom. The van der Waals surface area contributed by atoms with Crippen molar-refractivity contribution in [3.63, 3.8) is 0 Å². The summed E-state index contributed by atoms with van der Waals surface area (Å²) in [6, 6.07) is 13.3. The quantitative estimate of drug-likeness (QED) is 0.582. The maximum Gasteiger partial charge on any atom is 0.549 e. The predicted octanol–water partition coefficient (Wildman–Crippen LogP) is 4.38. The van der Waals surface area contributed by atoms with Gasteiger partial charge in [0.25, 0.3) is 0 Å². The summed E-state index contributed by atoms with van der Waals surface area (Å²) in [6.07, 6.45) is 4.98. The molecule has 0 aromatic heterocycles. The topological polar surface area (TPSA) is 93.8 Å². The van der Waals surface area contributed by atoms with E-state index >= 15 is 0 Å². The van der Waals surface area contributed by atoms with E-state index in [0.717, 1.165) is 41.6 Å². The summed E-state index contributed by atoms with van der Waals surface area (Å²) in [4.78, 5) is 11.5. The van der Waals surface area contributed by atoms with Gasteiger partial charge in [-0.05, 0) is 54.5 Å². The van der Waals surface area contributed by atoms with Gasteiger partial charge in [0.05, 0.1) is 11.5 Å². The lowest BCUT2D eigenvalue weighted by Crippen LogP contribution is -2.51. The maximum atomic E-state index is 11.5. The summed E-state index contributed by atoms with van der Waals surface area (Å²) in [6.45, 7) is 8.45. The summed E-state index contributed by atoms with van der Waals surface area (Å²) >= 11 is 0. The molecule has 1 atom stereocenters. The van der Waals surface area contributed by atoms with E-state index < -0.39 is 13.1 Å². The standard InChI is InChI=1S/C22H25BN2O4.C3H8/c1-14(15-6-3-8-17(12-15)22(24)10-5-11-22)25-19-13-16-7-4-9-18(21(26)27)20(16)29-23(19)28-2;1-3-2/h3-4,6-9,12,19,25H,1,5,10-11,13,24H2,2H3,(H,26,27);3H2,1-2H3. The van der Waals surface area contributed by atoms with Crippen molar-refractivity contribution in [2.45, 2.75) is 57.4 Å². The van der Waals surface area contributed by atoms with E-state index in [1.165, 1.54) is 12.5 Å². The van der Waals surface area contributed by atoms with E-state index in [1.807, 2.05) is 18.2 Å². The molecule has 4 rings (SSSR count). The Morgan fingerprint density at radius 1 is 1.31 bits per heavy atom. The molecule has 2 aromatic carbocycles. The second kappa shape index (κ2) is 10.2. The molecule has 1 aliphatic heterocycles. The molecule has 1 fully saturated rings. The Bertz CT molecular complexity index is 974. The monoisotopic (exact) mass is 436 g/mol. The van der Waals surface area contributed by atoms with Gasteiger partial charge in [-0.2, -0.15) is 0 Å². The molecule has 6 nitrogen and oxygen atoms in total. The second-order valence-corrected chi connectivity index (χ2v) is 8.55. The number of nitrogens with one attached hydrogen (secondary N) is 1. The van der Waals surface area contributed by atoms with Crippen molar-refractivity contribution in [1.29, 1.82) is 0 Å². The predicted molar refractivity (Wildman–Crippen MR) is 129 cm³/mol. The molecule has 170 valence electrons. The zero-order chi connectivity index (χ0) is 23.3. The maximum absolute atomic E-state index is 11.5. The fourth-order valence-corrected chi connectivity index (χ4v) is 4.09. The molecule has 1 heterocycles. The highest BCUT2D eigenvalue weighted by atomic mass is 16.6. The van der Waals surface area contributed by atoms with Crippen LogP contribution in [-0.4, -0.2) is 31.2 Å². The first-order valence-corrected chi connectivity index (χ1v) is 11.2. The average molecular weight is 436 g/mol. The molecule has 0 bridgehead atoms. The first-order chi connectivity index (χ1) is 15.3. The van der Waals surface area contributed by atoms with Gasteiger partial charge in [0.2, 0.25) is 0 Å². The van der Waals surface area contributed by atoms with Gasteiger partial charge in [0.1, 0.15) is 5.75 Å². The van der Waals surface area contributed by atoms with Gasteiger partial charge in [-0.15, -0.1) is 0 Å². The highest BCUT2D eigenvalue weighted by molar-refractivity contribution is 6.48. The molecule has 2 aromatic rings. The Labute approximate surface area is 191 Å². The molecular weight excluding hydrogens is 403 g/mol. The molecule has 0 radical (unpaired) electrons. The molecule has 0 spiro atoms. The van der Waals surface area contributed by atoms with Gasteiger partial charge in [-0.1, -0.05) is 57.2 Å². The third-order valence-corrected chi connectivity index (χ3v) is 5.95. The second-order valence-electron chi connectivity index (χ2n) is 8.55. The van der Waals surface area contributed by atoms with E-state index in [9.17, 15) is 9.90 Å². The molecular formula is C25H33BN2O4. The fraction of sp³-hybridized carbons (Fsp3) is 0.400. The van der Waals surface area contributed by atoms with Crippen molar-refractivity contribution in [2.24, 2.45) is 5.73 Å². The van der Waals surface area contributed by atoms with Crippen LogP contribution in [0.2, 0.25) is 0 Å². The van der Waals surface area contributed by atoms with Gasteiger partial charge >= 0.3 is 13.1 Å². The van der Waals surface area contributed by atoms with E-state index in [2.05, 4.69) is 37.9 Å². The Balaban J connectivity index is 0.000000913. The molecule has 7 heteroatoms. The molecule has 2 aliphatic rings. The molecule has 1 unspecified atom stereocenters. The van der Waals surface area contributed by atoms with E-state index in [1.54, 1.807) is 13.2 Å². The van der Waals surface area contributed by atoms with Crippen molar-refractivity contribution in [3.05, 3.63) is 71.3 Å². The van der Waals surface area contributed by atoms with Gasteiger partial charge < -0.3 is 25.5 Å². The van der Waals surface area contributed by atoms with Crippen molar-refractivity contribution in [3.8, 4) is 5.75 Å². The number of hydrogen-bond donors (Lipinski definition) is 3. The number of fused-ring (bicyclic) bond motifs is 1. The number of hydrogen-bond acceptors (Lipinski definition) is 5.